The van der Waals surface area contributed by atoms with Gasteiger partial charge in [-0.3, -0.25) is 4.79 Å². The van der Waals surface area contributed by atoms with Crippen molar-refractivity contribution in [3.05, 3.63) is 36.9 Å². The van der Waals surface area contributed by atoms with Crippen molar-refractivity contribution in [1.82, 2.24) is 15.0 Å². The molecular formula is C22H27N3O6. The number of benzene rings is 1. The van der Waals surface area contributed by atoms with Crippen LogP contribution in [0.3, 0.4) is 0 Å². The minimum absolute atomic E-state index is 0.0291. The molecule has 1 aromatic heterocycles. The van der Waals surface area contributed by atoms with Crippen molar-refractivity contribution in [2.45, 2.75) is 62.6 Å². The third-order valence-corrected chi connectivity index (χ3v) is 6.43. The van der Waals surface area contributed by atoms with E-state index in [0.717, 1.165) is 6.08 Å². The normalized spacial score (nSPS) is 33.7. The predicted octanol–water partition coefficient (Wildman–Crippen LogP) is 0.932. The number of esters is 1. The quantitative estimate of drug-likeness (QED) is 0.472. The molecule has 166 valence electrons. The van der Waals surface area contributed by atoms with Crippen LogP contribution in [0.25, 0.3) is 11.0 Å². The first-order chi connectivity index (χ1) is 14.9. The number of rotatable bonds is 5. The highest BCUT2D eigenvalue weighted by molar-refractivity contribution is 5.85. The summed E-state index contributed by atoms with van der Waals surface area (Å²) in [6, 6.07) is 6.78. The van der Waals surface area contributed by atoms with Gasteiger partial charge in [0.1, 0.15) is 22.9 Å². The first kappa shape index (κ1) is 21.6. The number of carbonyl (C=O) groups is 2. The molecule has 0 radical (unpaired) electrons. The number of fused-ring (bicyclic) bond motifs is 1. The summed E-state index contributed by atoms with van der Waals surface area (Å²) in [5, 5.41) is 40.5. The molecule has 2 fully saturated rings. The van der Waals surface area contributed by atoms with Crippen LogP contribution in [-0.4, -0.2) is 66.5 Å². The summed E-state index contributed by atoms with van der Waals surface area (Å²) in [7, 11) is 0. The lowest BCUT2D eigenvalue weighted by molar-refractivity contribution is -0.151. The Morgan fingerprint density at radius 3 is 2.23 bits per heavy atom. The molecule has 7 atom stereocenters. The first-order valence-corrected chi connectivity index (χ1v) is 10.6. The Hall–Kier alpha value is -2.62. The van der Waals surface area contributed by atoms with Crippen molar-refractivity contribution < 1.29 is 29.6 Å². The van der Waals surface area contributed by atoms with Crippen molar-refractivity contribution in [3.8, 4) is 0 Å². The number of ketones is 1. The molecule has 0 spiro atoms. The second kappa shape index (κ2) is 8.86. The van der Waals surface area contributed by atoms with Crippen molar-refractivity contribution in [2.75, 3.05) is 0 Å². The summed E-state index contributed by atoms with van der Waals surface area (Å²) < 4.78 is 5.19. The maximum absolute atomic E-state index is 13.2. The number of ether oxygens (including phenoxy) is 1. The first-order valence-electron chi connectivity index (χ1n) is 10.6. The monoisotopic (exact) mass is 429 g/mol. The SMILES string of the molecule is C=CC(=O)OC1CCC(C(=O)C2CC(n3nc4ccccc4n3)C(O)CC2O)C(O)C1. The van der Waals surface area contributed by atoms with Crippen LogP contribution in [-0.2, 0) is 14.3 Å². The number of aliphatic hydroxyl groups excluding tert-OH is 3. The number of Topliss-reactive ketones (excluding diaryl/α,β-unsaturated/α-hetero) is 1. The lowest BCUT2D eigenvalue weighted by Crippen LogP contribution is -2.48. The molecule has 7 unspecified atom stereocenters. The van der Waals surface area contributed by atoms with Crippen LogP contribution in [0.5, 0.6) is 0 Å². The van der Waals surface area contributed by atoms with E-state index in [9.17, 15) is 24.9 Å². The van der Waals surface area contributed by atoms with Crippen LogP contribution in [0.15, 0.2) is 36.9 Å². The summed E-state index contributed by atoms with van der Waals surface area (Å²) >= 11 is 0. The predicted molar refractivity (Wildman–Crippen MR) is 110 cm³/mol. The van der Waals surface area contributed by atoms with Gasteiger partial charge in [-0.1, -0.05) is 18.7 Å². The van der Waals surface area contributed by atoms with Gasteiger partial charge < -0.3 is 20.1 Å². The van der Waals surface area contributed by atoms with Crippen LogP contribution in [0.1, 0.15) is 38.1 Å². The van der Waals surface area contributed by atoms with Crippen LogP contribution >= 0.6 is 0 Å². The van der Waals surface area contributed by atoms with Gasteiger partial charge in [0, 0.05) is 30.8 Å². The van der Waals surface area contributed by atoms with Crippen molar-refractivity contribution >= 4 is 22.8 Å². The zero-order chi connectivity index (χ0) is 22.1. The smallest absolute Gasteiger partial charge is 0.330 e. The van der Waals surface area contributed by atoms with Gasteiger partial charge in [0.2, 0.25) is 0 Å². The van der Waals surface area contributed by atoms with E-state index in [-0.39, 0.29) is 25.0 Å². The Balaban J connectivity index is 1.47. The second-order valence-electron chi connectivity index (χ2n) is 8.44. The molecular weight excluding hydrogens is 402 g/mol. The van der Waals surface area contributed by atoms with Crippen LogP contribution in [0, 0.1) is 11.8 Å². The van der Waals surface area contributed by atoms with E-state index in [1.807, 2.05) is 24.3 Å². The highest BCUT2D eigenvalue weighted by Crippen LogP contribution is 2.38. The molecule has 2 aliphatic rings. The molecule has 0 saturated heterocycles. The Labute approximate surface area is 179 Å². The highest BCUT2D eigenvalue weighted by atomic mass is 16.5. The van der Waals surface area contributed by atoms with E-state index in [2.05, 4.69) is 16.8 Å². The fraction of sp³-hybridized carbons (Fsp3) is 0.545. The molecule has 4 rings (SSSR count). The third-order valence-electron chi connectivity index (χ3n) is 6.43. The number of hydrogen-bond acceptors (Lipinski definition) is 8. The van der Waals surface area contributed by atoms with Gasteiger partial charge in [-0.15, -0.1) is 0 Å². The number of hydrogen-bond donors (Lipinski definition) is 3. The zero-order valence-electron chi connectivity index (χ0n) is 17.1. The number of aliphatic hydroxyl groups is 3. The van der Waals surface area contributed by atoms with E-state index >= 15 is 0 Å². The number of carbonyl (C=O) groups excluding carboxylic acids is 2. The molecule has 0 bridgehead atoms. The largest absolute Gasteiger partial charge is 0.459 e. The molecule has 9 heteroatoms. The van der Waals surface area contributed by atoms with Gasteiger partial charge in [0.15, 0.2) is 0 Å². The Morgan fingerprint density at radius 1 is 0.968 bits per heavy atom. The number of aromatic nitrogens is 3. The third kappa shape index (κ3) is 4.39. The van der Waals surface area contributed by atoms with Gasteiger partial charge in [-0.2, -0.15) is 15.0 Å². The molecule has 9 nitrogen and oxygen atoms in total. The molecule has 2 aromatic rings. The lowest BCUT2D eigenvalue weighted by atomic mass is 9.72. The summed E-state index contributed by atoms with van der Waals surface area (Å²) in [4.78, 5) is 26.1. The fourth-order valence-corrected chi connectivity index (χ4v) is 4.76. The molecule has 2 saturated carbocycles. The Morgan fingerprint density at radius 2 is 1.61 bits per heavy atom. The van der Waals surface area contributed by atoms with Crippen LogP contribution < -0.4 is 0 Å². The minimum atomic E-state index is -1.01. The molecule has 0 aliphatic heterocycles. The molecule has 0 amide bonds. The standard InChI is InChI=1S/C22H27N3O6/c1-2-21(29)31-12-7-8-13(18(26)9-12)22(30)14-10-17(20(28)11-19(14)27)25-23-15-5-3-4-6-16(15)24-25/h2-6,12-14,17-20,26-28H,1,7-11H2. The molecule has 2 aliphatic carbocycles. The van der Waals surface area contributed by atoms with E-state index in [4.69, 9.17) is 4.74 Å². The summed E-state index contributed by atoms with van der Waals surface area (Å²) in [5.74, 6) is -2.18. The van der Waals surface area contributed by atoms with Gasteiger partial charge in [-0.25, -0.2) is 4.79 Å². The van der Waals surface area contributed by atoms with Gasteiger partial charge >= 0.3 is 5.97 Å². The Bertz CT molecular complexity index is 942. The molecule has 3 N–H and O–H groups in total. The topological polar surface area (TPSA) is 135 Å². The molecule has 1 aromatic carbocycles. The summed E-state index contributed by atoms with van der Waals surface area (Å²) in [6.07, 6.45) is -1.07. The van der Waals surface area contributed by atoms with Crippen LogP contribution in [0.2, 0.25) is 0 Å². The van der Waals surface area contributed by atoms with Crippen molar-refractivity contribution in [1.29, 1.82) is 0 Å². The molecule has 1 heterocycles. The minimum Gasteiger partial charge on any atom is -0.459 e. The average Bonchev–Trinajstić information content (AvgIpc) is 3.17. The van der Waals surface area contributed by atoms with Crippen molar-refractivity contribution in [2.24, 2.45) is 11.8 Å². The van der Waals surface area contributed by atoms with Gasteiger partial charge in [-0.05, 0) is 31.4 Å². The van der Waals surface area contributed by atoms with Crippen molar-refractivity contribution in [3.63, 3.8) is 0 Å². The lowest BCUT2D eigenvalue weighted by Gasteiger charge is -2.39. The van der Waals surface area contributed by atoms with E-state index < -0.39 is 48.3 Å². The van der Waals surface area contributed by atoms with E-state index in [1.54, 1.807) is 0 Å². The van der Waals surface area contributed by atoms with Crippen LogP contribution in [0.4, 0.5) is 0 Å². The second-order valence-corrected chi connectivity index (χ2v) is 8.44. The molecule has 31 heavy (non-hydrogen) atoms. The zero-order valence-corrected chi connectivity index (χ0v) is 17.1. The maximum atomic E-state index is 13.2. The maximum Gasteiger partial charge on any atom is 0.330 e. The summed E-state index contributed by atoms with van der Waals surface area (Å²) in [6.45, 7) is 3.36. The average molecular weight is 429 g/mol. The Kier molecular flexibility index (Phi) is 6.17. The fourth-order valence-electron chi connectivity index (χ4n) is 4.76. The highest BCUT2D eigenvalue weighted by Gasteiger charge is 2.45. The number of nitrogens with zero attached hydrogens (tertiary/aromatic N) is 3. The van der Waals surface area contributed by atoms with Gasteiger partial charge in [0.25, 0.3) is 0 Å². The summed E-state index contributed by atoms with van der Waals surface area (Å²) in [5.41, 5.74) is 1.37. The van der Waals surface area contributed by atoms with E-state index in [1.165, 1.54) is 4.80 Å². The van der Waals surface area contributed by atoms with Gasteiger partial charge in [0.05, 0.1) is 24.4 Å². The van der Waals surface area contributed by atoms with E-state index in [0.29, 0.717) is 23.9 Å².